The zero-order valence-corrected chi connectivity index (χ0v) is 48.5. The quantitative estimate of drug-likeness (QED) is 0.0153. The van der Waals surface area contributed by atoms with Crippen LogP contribution in [0.5, 0.6) is 0 Å². The fourth-order valence-corrected chi connectivity index (χ4v) is 8.01. The number of guanidine groups is 2. The maximum atomic E-state index is 13.3. The molecular weight excluding hydrogens is 1140 g/mol. The van der Waals surface area contributed by atoms with Crippen LogP contribution in [0.15, 0.2) is 33.7 Å². The van der Waals surface area contributed by atoms with Gasteiger partial charge in [0.2, 0.25) is 35.1 Å². The summed E-state index contributed by atoms with van der Waals surface area (Å²) in [5, 5.41) is 67.6. The zero-order chi connectivity index (χ0) is 62.9. The first-order valence-corrected chi connectivity index (χ1v) is 27.7. The van der Waals surface area contributed by atoms with Crippen molar-refractivity contribution >= 4 is 47.5 Å². The minimum atomic E-state index is -1.71. The van der Waals surface area contributed by atoms with E-state index in [2.05, 4.69) is 25.9 Å². The molecule has 488 valence electrons. The van der Waals surface area contributed by atoms with Crippen molar-refractivity contribution in [2.45, 2.75) is 88.4 Å². The van der Waals surface area contributed by atoms with E-state index < -0.39 is 134 Å². The third-order valence-corrected chi connectivity index (χ3v) is 12.1. The average molecular weight is 1230 g/mol. The number of hydrogen-bond donors (Lipinski definition) is 13. The van der Waals surface area contributed by atoms with Crippen molar-refractivity contribution in [2.75, 3.05) is 158 Å². The number of aliphatic hydroxyl groups is 4. The minimum Gasteiger partial charge on any atom is -0.480 e. The number of nitrogens with zero attached hydrogens (tertiary/aromatic N) is 3. The van der Waals surface area contributed by atoms with Gasteiger partial charge in [0.15, 0.2) is 18.0 Å². The largest absolute Gasteiger partial charge is 0.480 e. The number of aliphatic carboxylic acids is 2. The molecule has 4 amide bonds. The Labute approximate surface area is 492 Å². The Kier molecular flexibility index (Phi) is 39.1. The van der Waals surface area contributed by atoms with Crippen LogP contribution in [0.25, 0.3) is 0 Å². The van der Waals surface area contributed by atoms with Crippen molar-refractivity contribution in [3.8, 4) is 0 Å². The van der Waals surface area contributed by atoms with Crippen LogP contribution >= 0.6 is 0 Å². The van der Waals surface area contributed by atoms with E-state index in [0.29, 0.717) is 39.6 Å². The highest BCUT2D eigenvalue weighted by Crippen LogP contribution is 2.31. The molecule has 0 radical (unpaired) electrons. The molecule has 0 unspecified atom stereocenters. The summed E-state index contributed by atoms with van der Waals surface area (Å²) in [5.41, 5.74) is 22.1. The topological polar surface area (TPSA) is 503 Å². The number of amides is 4. The molecule has 34 nitrogen and oxygen atoms in total. The SMILES string of the molecule is CCCOCCOCCOCCOCCC(=O)N(CCOCCOCCNC(=O)CO[C@@H]([C@@H]1OC(C(=O)O)=C[C@H](N=C(N)N)[C@H]1C)[C@H](O)CO)CCOCCOCCNC(=O)CO[C@@H]([C@@H]1OC(C(=O)O)=C[C@H](N=C(N)N)[C@H]1NC(C)=O)[C@H](O)CO. The molecule has 0 saturated carbocycles. The van der Waals surface area contributed by atoms with E-state index >= 15 is 0 Å². The molecule has 0 aromatic carbocycles. The molecule has 34 heteroatoms. The van der Waals surface area contributed by atoms with Crippen molar-refractivity contribution in [3.05, 3.63) is 23.7 Å². The Morgan fingerprint density at radius 3 is 1.40 bits per heavy atom. The molecule has 0 aromatic rings. The molecule has 0 aromatic heterocycles. The van der Waals surface area contributed by atoms with E-state index in [9.17, 15) is 59.4 Å². The van der Waals surface area contributed by atoms with E-state index in [1.807, 2.05) is 6.92 Å². The second-order valence-electron chi connectivity index (χ2n) is 18.8. The summed E-state index contributed by atoms with van der Waals surface area (Å²) in [6.45, 7) is 6.41. The molecule has 2 aliphatic heterocycles. The predicted molar refractivity (Wildman–Crippen MR) is 297 cm³/mol. The van der Waals surface area contributed by atoms with Gasteiger partial charge in [-0.05, 0) is 18.6 Å². The predicted octanol–water partition coefficient (Wildman–Crippen LogP) is -6.38. The number of nitrogens with one attached hydrogen (secondary N) is 3. The van der Waals surface area contributed by atoms with Crippen LogP contribution in [0.3, 0.4) is 0 Å². The van der Waals surface area contributed by atoms with Crippen LogP contribution in [0, 0.1) is 5.92 Å². The lowest BCUT2D eigenvalue weighted by Crippen LogP contribution is -2.60. The summed E-state index contributed by atoms with van der Waals surface area (Å²) >= 11 is 0. The molecule has 0 fully saturated rings. The molecule has 0 saturated heterocycles. The minimum absolute atomic E-state index is 0.0133. The van der Waals surface area contributed by atoms with E-state index in [-0.39, 0.29) is 111 Å². The zero-order valence-electron chi connectivity index (χ0n) is 48.5. The van der Waals surface area contributed by atoms with Crippen LogP contribution in [-0.4, -0.2) is 296 Å². The first-order valence-electron chi connectivity index (χ1n) is 27.7. The third-order valence-electron chi connectivity index (χ3n) is 12.1. The van der Waals surface area contributed by atoms with Crippen LogP contribution in [0.4, 0.5) is 0 Å². The Hall–Kier alpha value is -6.12. The van der Waals surface area contributed by atoms with Crippen molar-refractivity contribution in [2.24, 2.45) is 38.8 Å². The lowest BCUT2D eigenvalue weighted by Gasteiger charge is -2.40. The number of nitrogens with two attached hydrogens (primary N) is 4. The van der Waals surface area contributed by atoms with Gasteiger partial charge in [0.25, 0.3) is 0 Å². The van der Waals surface area contributed by atoms with Gasteiger partial charge in [-0.3, -0.25) is 19.2 Å². The first kappa shape index (κ1) is 75.0. The second-order valence-corrected chi connectivity index (χ2v) is 18.8. The summed E-state index contributed by atoms with van der Waals surface area (Å²) in [7, 11) is 0. The molecule has 0 bridgehead atoms. The van der Waals surface area contributed by atoms with E-state index in [4.69, 9.17) is 79.8 Å². The maximum absolute atomic E-state index is 13.3. The monoisotopic (exact) mass is 1230 g/mol. The molecule has 17 N–H and O–H groups in total. The van der Waals surface area contributed by atoms with Crippen LogP contribution in [0.2, 0.25) is 0 Å². The van der Waals surface area contributed by atoms with Gasteiger partial charge in [-0.15, -0.1) is 0 Å². The molecule has 85 heavy (non-hydrogen) atoms. The maximum Gasteiger partial charge on any atom is 0.370 e. The summed E-state index contributed by atoms with van der Waals surface area (Å²) in [6.07, 6.45) is -5.59. The summed E-state index contributed by atoms with van der Waals surface area (Å²) in [6, 6.07) is -3.25. The fourth-order valence-electron chi connectivity index (χ4n) is 8.01. The average Bonchev–Trinajstić information content (AvgIpc) is 3.65. The fraction of sp³-hybridized carbons (Fsp3) is 0.765. The van der Waals surface area contributed by atoms with Crippen molar-refractivity contribution in [1.82, 2.24) is 20.9 Å². The first-order chi connectivity index (χ1) is 40.7. The molecule has 2 rings (SSSR count). The van der Waals surface area contributed by atoms with E-state index in [0.717, 1.165) is 12.5 Å². The smallest absolute Gasteiger partial charge is 0.370 e. The van der Waals surface area contributed by atoms with Crippen molar-refractivity contribution in [3.63, 3.8) is 0 Å². The number of ether oxygens (including phenoxy) is 12. The van der Waals surface area contributed by atoms with Gasteiger partial charge >= 0.3 is 11.9 Å². The summed E-state index contributed by atoms with van der Waals surface area (Å²) in [4.78, 5) is 84.0. The van der Waals surface area contributed by atoms with Gasteiger partial charge in [0, 0.05) is 45.6 Å². The number of carboxylic acid groups (broad SMARTS) is 2. The van der Waals surface area contributed by atoms with Gasteiger partial charge in [-0.2, -0.15) is 0 Å². The van der Waals surface area contributed by atoms with Crippen LogP contribution in [-0.2, 0) is 85.6 Å². The second kappa shape index (κ2) is 44.3. The van der Waals surface area contributed by atoms with E-state index in [1.54, 1.807) is 11.8 Å². The van der Waals surface area contributed by atoms with Gasteiger partial charge < -0.3 is 131 Å². The number of carbonyl (C=O) groups excluding carboxylic acids is 4. The number of carboxylic acids is 2. The number of rotatable bonds is 49. The highest BCUT2D eigenvalue weighted by atomic mass is 16.6. The number of carbonyl (C=O) groups is 6. The Morgan fingerprint density at radius 2 is 0.976 bits per heavy atom. The highest BCUT2D eigenvalue weighted by molar-refractivity contribution is 5.86. The van der Waals surface area contributed by atoms with E-state index in [1.165, 1.54) is 13.0 Å². The normalized spacial score (nSPS) is 19.8. The van der Waals surface area contributed by atoms with Crippen molar-refractivity contribution in [1.29, 1.82) is 0 Å². The molecule has 2 aliphatic rings. The number of aliphatic hydroxyl groups excluding tert-OH is 4. The standard InChI is InChI=1S/C51H90N10O24/c1-4-10-74-16-22-80-24-25-81-23-17-75-11-5-42(69)61(8-14-78-20-18-76-12-6-56-40(67)30-82-45(36(65)28-62)44-32(2)34(59-50(52)53)26-38(84-44)48(70)71)9-15-79-21-19-77-13-7-57-41(68)31-83-46(37(66)29-63)47-43(58-33(3)64)35(60-51(54)55)27-39(85-47)49(72)73/h26-27,32,34-37,43-47,62-63,65-66H,4-25,28-31H2,1-3H3,(H,56,67)(H,57,68)(H,58,64)(H,70,71)(H,72,73)(H4,52,53,59)(H4,54,55,60)/t32-,34+,35+,36-,37-,43-,44-,45-,46-,47-/m1/s1. The van der Waals surface area contributed by atoms with Gasteiger partial charge in [0.1, 0.15) is 43.7 Å². The highest BCUT2D eigenvalue weighted by Gasteiger charge is 2.46. The summed E-state index contributed by atoms with van der Waals surface area (Å²) in [5.74, 6) is -7.58. The molecule has 0 aliphatic carbocycles. The lowest BCUT2D eigenvalue weighted by molar-refractivity contribution is -0.160. The molecular formula is C51H90N10O24. The third kappa shape index (κ3) is 31.7. The molecule has 2 heterocycles. The molecule has 10 atom stereocenters. The van der Waals surface area contributed by atoms with Crippen LogP contribution < -0.4 is 38.9 Å². The Balaban J connectivity index is 1.81. The van der Waals surface area contributed by atoms with Gasteiger partial charge in [0.05, 0.1) is 137 Å². The van der Waals surface area contributed by atoms with Crippen molar-refractivity contribution < 1.29 is 116 Å². The number of hydrogen-bond acceptors (Lipinski definition) is 24. The lowest BCUT2D eigenvalue weighted by atomic mass is 9.87. The summed E-state index contributed by atoms with van der Waals surface area (Å²) < 4.78 is 66.9. The number of aliphatic imine (C=N–C) groups is 2. The van der Waals surface area contributed by atoms with Gasteiger partial charge in [-0.25, -0.2) is 19.6 Å². The molecule has 0 spiro atoms. The van der Waals surface area contributed by atoms with Gasteiger partial charge in [-0.1, -0.05) is 13.8 Å². The Morgan fingerprint density at radius 1 is 0.588 bits per heavy atom. The van der Waals surface area contributed by atoms with Crippen LogP contribution in [0.1, 0.15) is 33.6 Å². The Bertz CT molecular complexity index is 2090.